The van der Waals surface area contributed by atoms with Gasteiger partial charge in [-0.05, 0) is 140 Å². The SMILES string of the molecule is CCCCCCCCCCCCCCCCOC(=O)CC[C@@H](C)[C@H]1C(OC)C[C@H]2[C@@H]3CCC4CC(c5cc(N)cc(N)c5)CC[C@]4(C)[C@H]3CC[C@]12C. The molecule has 10 atom stereocenters. The molecule has 0 spiro atoms. The maximum Gasteiger partial charge on any atom is 0.305 e. The topological polar surface area (TPSA) is 87.6 Å². The van der Waals surface area contributed by atoms with Gasteiger partial charge in [-0.2, -0.15) is 0 Å². The fourth-order valence-electron chi connectivity index (χ4n) is 12.9. The maximum absolute atomic E-state index is 12.8. The van der Waals surface area contributed by atoms with Gasteiger partial charge in [0.15, 0.2) is 0 Å². The summed E-state index contributed by atoms with van der Waals surface area (Å²) in [7, 11) is 1.94. The number of fused-ring (bicyclic) bond motifs is 5. The lowest BCUT2D eigenvalue weighted by atomic mass is 9.43. The van der Waals surface area contributed by atoms with Crippen LogP contribution in [0.25, 0.3) is 0 Å². The summed E-state index contributed by atoms with van der Waals surface area (Å²) in [6.45, 7) is 10.6. The molecule has 4 saturated carbocycles. The van der Waals surface area contributed by atoms with Crippen LogP contribution in [0.2, 0.25) is 0 Å². The van der Waals surface area contributed by atoms with E-state index in [0.29, 0.717) is 47.7 Å². The number of hydrogen-bond acceptors (Lipinski definition) is 5. The summed E-state index contributed by atoms with van der Waals surface area (Å²) in [4.78, 5) is 12.8. The third-order valence-corrected chi connectivity index (χ3v) is 15.7. The minimum atomic E-state index is 0.00152. The van der Waals surface area contributed by atoms with Crippen LogP contribution >= 0.6 is 0 Å². The molecule has 0 radical (unpaired) electrons. The van der Waals surface area contributed by atoms with E-state index in [1.54, 1.807) is 0 Å². The molecular weight excluding hydrogens is 641 g/mol. The summed E-state index contributed by atoms with van der Waals surface area (Å²) in [5.41, 5.74) is 16.1. The van der Waals surface area contributed by atoms with Crippen molar-refractivity contribution in [2.45, 2.75) is 194 Å². The van der Waals surface area contributed by atoms with Crippen LogP contribution in [0, 0.1) is 46.3 Å². The normalized spacial score (nSPS) is 33.2. The summed E-state index contributed by atoms with van der Waals surface area (Å²) in [6, 6.07) is 6.23. The Hall–Kier alpha value is -1.75. The molecule has 0 amide bonds. The summed E-state index contributed by atoms with van der Waals surface area (Å²) >= 11 is 0. The molecule has 0 heterocycles. The summed E-state index contributed by atoms with van der Waals surface area (Å²) in [5, 5.41) is 0. The molecule has 0 saturated heterocycles. The van der Waals surface area contributed by atoms with Crippen LogP contribution in [0.1, 0.15) is 193 Å². The first-order valence-corrected chi connectivity index (χ1v) is 22.4. The van der Waals surface area contributed by atoms with Crippen molar-refractivity contribution in [3.8, 4) is 0 Å². The first-order chi connectivity index (χ1) is 25.1. The standard InChI is InChI=1S/C47H80N2O3/c1-6-7-8-9-10-11-12-13-14-15-16-17-18-19-28-52-44(50)23-20-34(2)45-43(51-5)33-42-40-22-21-37-29-35(36-30-38(48)32-39(49)31-36)24-26-46(37,3)41(40)25-27-47(42,45)4/h30-32,34-35,37,40-43,45H,6-29,33,48-49H2,1-5H3/t34-,35?,37?,40-,41+,42+,43?,45+,46+,47+/m1/s1. The maximum atomic E-state index is 12.8. The van der Waals surface area contributed by atoms with E-state index in [1.807, 2.05) is 13.2 Å². The second-order valence-electron chi connectivity index (χ2n) is 19.0. The minimum absolute atomic E-state index is 0.00152. The Balaban J connectivity index is 1.01. The zero-order chi connectivity index (χ0) is 37.1. The van der Waals surface area contributed by atoms with Crippen LogP contribution in [-0.2, 0) is 14.3 Å². The van der Waals surface area contributed by atoms with Crippen molar-refractivity contribution in [3.05, 3.63) is 23.8 Å². The third kappa shape index (κ3) is 10.1. The Kier molecular flexibility index (Phi) is 15.7. The number of hydrogen-bond donors (Lipinski definition) is 2. The Bertz CT molecular complexity index is 1210. The summed E-state index contributed by atoms with van der Waals surface area (Å²) < 4.78 is 12.1. The van der Waals surface area contributed by atoms with Gasteiger partial charge in [0.05, 0.1) is 12.7 Å². The highest BCUT2D eigenvalue weighted by Gasteiger charge is 2.63. The first kappa shape index (κ1) is 41.4. The fraction of sp³-hybridized carbons (Fsp3) is 0.851. The average Bonchev–Trinajstić information content (AvgIpc) is 3.44. The number of benzene rings is 1. The van der Waals surface area contributed by atoms with E-state index in [1.165, 1.54) is 140 Å². The second kappa shape index (κ2) is 19.7. The van der Waals surface area contributed by atoms with Crippen LogP contribution in [0.3, 0.4) is 0 Å². The number of nitrogens with two attached hydrogens (primary N) is 2. The van der Waals surface area contributed by atoms with E-state index >= 15 is 0 Å². The molecule has 296 valence electrons. The number of anilines is 2. The molecule has 0 aliphatic heterocycles. The molecule has 4 aliphatic rings. The molecule has 3 unspecified atom stereocenters. The molecule has 4 N–H and O–H groups in total. The molecule has 4 fully saturated rings. The van der Waals surface area contributed by atoms with Crippen LogP contribution < -0.4 is 11.5 Å². The number of nitrogen functional groups attached to an aromatic ring is 2. The highest BCUT2D eigenvalue weighted by Crippen LogP contribution is 2.69. The van der Waals surface area contributed by atoms with Crippen molar-refractivity contribution >= 4 is 17.3 Å². The Morgan fingerprint density at radius 2 is 1.37 bits per heavy atom. The molecule has 0 aromatic heterocycles. The lowest BCUT2D eigenvalue weighted by Crippen LogP contribution is -2.53. The van der Waals surface area contributed by atoms with Crippen molar-refractivity contribution < 1.29 is 14.3 Å². The van der Waals surface area contributed by atoms with E-state index < -0.39 is 0 Å². The van der Waals surface area contributed by atoms with Gasteiger partial charge in [-0.15, -0.1) is 0 Å². The van der Waals surface area contributed by atoms with Gasteiger partial charge >= 0.3 is 5.97 Å². The van der Waals surface area contributed by atoms with E-state index in [9.17, 15) is 4.79 Å². The minimum Gasteiger partial charge on any atom is -0.466 e. The van der Waals surface area contributed by atoms with Gasteiger partial charge in [-0.3, -0.25) is 4.79 Å². The predicted octanol–water partition coefficient (Wildman–Crippen LogP) is 12.7. The van der Waals surface area contributed by atoms with Crippen molar-refractivity contribution in [1.29, 1.82) is 0 Å². The molecule has 5 rings (SSSR count). The highest BCUT2D eigenvalue weighted by atomic mass is 16.5. The lowest BCUT2D eigenvalue weighted by molar-refractivity contribution is -0.144. The van der Waals surface area contributed by atoms with E-state index in [-0.39, 0.29) is 5.97 Å². The van der Waals surface area contributed by atoms with Crippen molar-refractivity contribution in [1.82, 2.24) is 0 Å². The van der Waals surface area contributed by atoms with Crippen LogP contribution in [0.5, 0.6) is 0 Å². The molecule has 5 heteroatoms. The van der Waals surface area contributed by atoms with Gasteiger partial charge < -0.3 is 20.9 Å². The van der Waals surface area contributed by atoms with Gasteiger partial charge in [0.1, 0.15) is 0 Å². The van der Waals surface area contributed by atoms with Crippen LogP contribution in [-0.4, -0.2) is 25.8 Å². The smallest absolute Gasteiger partial charge is 0.305 e. The number of esters is 1. The summed E-state index contributed by atoms with van der Waals surface area (Å²) in [6.07, 6.45) is 30.9. The Morgan fingerprint density at radius 3 is 1.98 bits per heavy atom. The molecule has 1 aromatic carbocycles. The molecule has 1 aromatic rings. The number of unbranched alkanes of at least 4 members (excludes halogenated alkanes) is 13. The number of carbonyl (C=O) groups is 1. The fourth-order valence-corrected chi connectivity index (χ4v) is 12.9. The second-order valence-corrected chi connectivity index (χ2v) is 19.0. The quantitative estimate of drug-likeness (QED) is 0.0750. The zero-order valence-electron chi connectivity index (χ0n) is 34.4. The highest BCUT2D eigenvalue weighted by molar-refractivity contribution is 5.69. The van der Waals surface area contributed by atoms with Gasteiger partial charge in [0.25, 0.3) is 0 Å². The van der Waals surface area contributed by atoms with Gasteiger partial charge in [0, 0.05) is 24.9 Å². The third-order valence-electron chi connectivity index (χ3n) is 15.7. The Labute approximate surface area is 319 Å². The molecule has 52 heavy (non-hydrogen) atoms. The number of rotatable bonds is 21. The van der Waals surface area contributed by atoms with E-state index in [4.69, 9.17) is 20.9 Å². The molecule has 0 bridgehead atoms. The average molecular weight is 721 g/mol. The number of methoxy groups -OCH3 is 1. The van der Waals surface area contributed by atoms with Gasteiger partial charge in [-0.1, -0.05) is 111 Å². The van der Waals surface area contributed by atoms with Gasteiger partial charge in [0.2, 0.25) is 0 Å². The van der Waals surface area contributed by atoms with E-state index in [0.717, 1.165) is 47.9 Å². The molecule has 4 aliphatic carbocycles. The van der Waals surface area contributed by atoms with E-state index in [2.05, 4.69) is 39.8 Å². The number of ether oxygens (including phenoxy) is 2. The van der Waals surface area contributed by atoms with Crippen molar-refractivity contribution in [3.63, 3.8) is 0 Å². The van der Waals surface area contributed by atoms with Crippen LogP contribution in [0.15, 0.2) is 18.2 Å². The van der Waals surface area contributed by atoms with Crippen molar-refractivity contribution in [2.75, 3.05) is 25.2 Å². The van der Waals surface area contributed by atoms with Crippen molar-refractivity contribution in [2.24, 2.45) is 46.3 Å². The lowest BCUT2D eigenvalue weighted by Gasteiger charge is -2.61. The molecule has 5 nitrogen and oxygen atoms in total. The largest absolute Gasteiger partial charge is 0.466 e. The monoisotopic (exact) mass is 721 g/mol. The molecular formula is C47H80N2O3. The van der Waals surface area contributed by atoms with Gasteiger partial charge in [-0.25, -0.2) is 0 Å². The van der Waals surface area contributed by atoms with Crippen LogP contribution in [0.4, 0.5) is 11.4 Å². The Morgan fingerprint density at radius 1 is 0.769 bits per heavy atom. The first-order valence-electron chi connectivity index (χ1n) is 22.4. The zero-order valence-corrected chi connectivity index (χ0v) is 34.4. The summed E-state index contributed by atoms with van der Waals surface area (Å²) in [5.74, 6) is 4.66. The predicted molar refractivity (Wildman–Crippen MR) is 219 cm³/mol. The number of carbonyl (C=O) groups excluding carboxylic acids is 1.